The summed E-state index contributed by atoms with van der Waals surface area (Å²) in [5.41, 5.74) is 1.24. The summed E-state index contributed by atoms with van der Waals surface area (Å²) in [7, 11) is -3.67. The van der Waals surface area contributed by atoms with Crippen LogP contribution in [-0.2, 0) is 21.4 Å². The van der Waals surface area contributed by atoms with E-state index in [4.69, 9.17) is 9.47 Å². The maximum Gasteiger partial charge on any atom is 0.241 e. The lowest BCUT2D eigenvalue weighted by atomic mass is 10.2. The summed E-state index contributed by atoms with van der Waals surface area (Å²) in [5, 5.41) is 2.76. The van der Waals surface area contributed by atoms with Crippen LogP contribution in [0.5, 0.6) is 17.2 Å². The number of carbonyl (C=O) groups is 1. The highest BCUT2D eigenvalue weighted by atomic mass is 32.2. The van der Waals surface area contributed by atoms with Crippen molar-refractivity contribution in [3.8, 4) is 17.2 Å². The number of anilines is 1. The van der Waals surface area contributed by atoms with Crippen LogP contribution in [0.2, 0.25) is 0 Å². The minimum Gasteiger partial charge on any atom is -0.494 e. The zero-order valence-electron chi connectivity index (χ0n) is 18.0. The molecule has 3 aromatic rings. The normalized spacial score (nSPS) is 10.9. The molecule has 168 valence electrons. The first-order valence-corrected chi connectivity index (χ1v) is 12.0. The Morgan fingerprint density at radius 1 is 0.906 bits per heavy atom. The molecule has 0 spiro atoms. The monoisotopic (exact) mass is 454 g/mol. The van der Waals surface area contributed by atoms with Crippen LogP contribution in [-0.4, -0.2) is 33.7 Å². The molecule has 3 rings (SSSR count). The number of nitrogens with zero attached hydrogens (tertiary/aromatic N) is 1. The first-order chi connectivity index (χ1) is 15.3. The minimum atomic E-state index is -3.67. The predicted octanol–water partition coefficient (Wildman–Crippen LogP) is 3.96. The summed E-state index contributed by atoms with van der Waals surface area (Å²) in [6.07, 6.45) is 1.07. The molecule has 0 heterocycles. The van der Waals surface area contributed by atoms with Crippen LogP contribution in [0.1, 0.15) is 12.5 Å². The fourth-order valence-electron chi connectivity index (χ4n) is 3.00. The molecule has 0 atom stereocenters. The van der Waals surface area contributed by atoms with Crippen LogP contribution in [0.25, 0.3) is 0 Å². The zero-order valence-corrected chi connectivity index (χ0v) is 18.8. The summed E-state index contributed by atoms with van der Waals surface area (Å²) in [4.78, 5) is 12.5. The molecular formula is C24H26N2O5S. The smallest absolute Gasteiger partial charge is 0.241 e. The van der Waals surface area contributed by atoms with Gasteiger partial charge in [0.05, 0.1) is 18.6 Å². The highest BCUT2D eigenvalue weighted by molar-refractivity contribution is 7.92. The van der Waals surface area contributed by atoms with Gasteiger partial charge in [0.15, 0.2) is 0 Å². The standard InChI is InChI=1S/C24H26N2O5S/c1-3-30-23-11-7-8-19(16-23)17-25-24(27)18-26(32(2,28)29)20-12-14-22(15-13-20)31-21-9-5-4-6-10-21/h4-16H,3,17-18H2,1-2H3,(H,25,27). The van der Waals surface area contributed by atoms with E-state index in [-0.39, 0.29) is 13.1 Å². The summed E-state index contributed by atoms with van der Waals surface area (Å²) in [6, 6.07) is 23.2. The number of hydrogen-bond acceptors (Lipinski definition) is 5. The van der Waals surface area contributed by atoms with E-state index in [0.29, 0.717) is 23.8 Å². The third-order valence-corrected chi connectivity index (χ3v) is 5.63. The molecule has 3 aromatic carbocycles. The van der Waals surface area contributed by atoms with Gasteiger partial charge in [0, 0.05) is 6.54 Å². The van der Waals surface area contributed by atoms with Gasteiger partial charge in [-0.25, -0.2) is 8.42 Å². The van der Waals surface area contributed by atoms with Gasteiger partial charge in [-0.3, -0.25) is 9.10 Å². The van der Waals surface area contributed by atoms with Gasteiger partial charge in [-0.2, -0.15) is 0 Å². The summed E-state index contributed by atoms with van der Waals surface area (Å²) < 4.78 is 36.9. The van der Waals surface area contributed by atoms with Gasteiger partial charge in [-0.15, -0.1) is 0 Å². The zero-order chi connectivity index (χ0) is 23.0. The van der Waals surface area contributed by atoms with E-state index in [9.17, 15) is 13.2 Å². The number of nitrogens with one attached hydrogen (secondary N) is 1. The number of ether oxygens (including phenoxy) is 2. The Morgan fingerprint density at radius 2 is 1.56 bits per heavy atom. The molecule has 0 aromatic heterocycles. The topological polar surface area (TPSA) is 84.9 Å². The number of sulfonamides is 1. The number of hydrogen-bond donors (Lipinski definition) is 1. The molecule has 1 N–H and O–H groups in total. The van der Waals surface area contributed by atoms with Crippen molar-refractivity contribution in [2.24, 2.45) is 0 Å². The van der Waals surface area contributed by atoms with Crippen LogP contribution in [0.4, 0.5) is 5.69 Å². The van der Waals surface area contributed by atoms with E-state index in [2.05, 4.69) is 5.32 Å². The van der Waals surface area contributed by atoms with Gasteiger partial charge < -0.3 is 14.8 Å². The average molecular weight is 455 g/mol. The van der Waals surface area contributed by atoms with Crippen LogP contribution >= 0.6 is 0 Å². The second-order valence-electron chi connectivity index (χ2n) is 7.04. The highest BCUT2D eigenvalue weighted by Gasteiger charge is 2.21. The quantitative estimate of drug-likeness (QED) is 0.501. The summed E-state index contributed by atoms with van der Waals surface area (Å²) >= 11 is 0. The Labute approximate surface area is 188 Å². The lowest BCUT2D eigenvalue weighted by Gasteiger charge is -2.22. The molecule has 0 bridgehead atoms. The minimum absolute atomic E-state index is 0.265. The second kappa shape index (κ2) is 10.7. The highest BCUT2D eigenvalue weighted by Crippen LogP contribution is 2.25. The van der Waals surface area contributed by atoms with Crippen molar-refractivity contribution in [1.82, 2.24) is 5.32 Å². The van der Waals surface area contributed by atoms with Crippen molar-refractivity contribution in [2.75, 3.05) is 23.7 Å². The Hall–Kier alpha value is -3.52. The molecule has 0 aliphatic rings. The van der Waals surface area contributed by atoms with Crippen LogP contribution in [0, 0.1) is 0 Å². The summed E-state index contributed by atoms with van der Waals surface area (Å²) in [5.74, 6) is 1.54. The van der Waals surface area contributed by atoms with E-state index < -0.39 is 15.9 Å². The Balaban J connectivity index is 1.65. The molecule has 8 heteroatoms. The van der Waals surface area contributed by atoms with Crippen LogP contribution in [0.15, 0.2) is 78.9 Å². The summed E-state index contributed by atoms with van der Waals surface area (Å²) in [6.45, 7) is 2.38. The third-order valence-electron chi connectivity index (χ3n) is 4.49. The maximum atomic E-state index is 12.5. The first-order valence-electron chi connectivity index (χ1n) is 10.1. The average Bonchev–Trinajstić information content (AvgIpc) is 2.77. The lowest BCUT2D eigenvalue weighted by Crippen LogP contribution is -2.40. The molecule has 1 amide bonds. The second-order valence-corrected chi connectivity index (χ2v) is 8.94. The van der Waals surface area contributed by atoms with E-state index in [0.717, 1.165) is 21.9 Å². The van der Waals surface area contributed by atoms with Crippen molar-refractivity contribution in [3.63, 3.8) is 0 Å². The molecule has 32 heavy (non-hydrogen) atoms. The van der Waals surface area contributed by atoms with Gasteiger partial charge in [-0.1, -0.05) is 30.3 Å². The van der Waals surface area contributed by atoms with Crippen molar-refractivity contribution in [2.45, 2.75) is 13.5 Å². The van der Waals surface area contributed by atoms with Crippen LogP contribution < -0.4 is 19.1 Å². The van der Waals surface area contributed by atoms with Gasteiger partial charge in [0.1, 0.15) is 23.8 Å². The number of amides is 1. The van der Waals surface area contributed by atoms with Gasteiger partial charge >= 0.3 is 0 Å². The number of benzene rings is 3. The van der Waals surface area contributed by atoms with E-state index in [1.807, 2.05) is 61.5 Å². The largest absolute Gasteiger partial charge is 0.494 e. The number of carbonyl (C=O) groups excluding carboxylic acids is 1. The van der Waals surface area contributed by atoms with Crippen molar-refractivity contribution < 1.29 is 22.7 Å². The SMILES string of the molecule is CCOc1cccc(CNC(=O)CN(c2ccc(Oc3ccccc3)cc2)S(C)(=O)=O)c1. The molecule has 0 unspecified atom stereocenters. The Kier molecular flexibility index (Phi) is 7.72. The fraction of sp³-hybridized carbons (Fsp3) is 0.208. The molecule has 7 nitrogen and oxygen atoms in total. The molecule has 0 aliphatic carbocycles. The Bertz CT molecular complexity index is 1130. The van der Waals surface area contributed by atoms with Gasteiger partial charge in [0.25, 0.3) is 0 Å². The molecular weight excluding hydrogens is 428 g/mol. The number of para-hydroxylation sites is 1. The lowest BCUT2D eigenvalue weighted by molar-refractivity contribution is -0.119. The van der Waals surface area contributed by atoms with Crippen molar-refractivity contribution in [1.29, 1.82) is 0 Å². The van der Waals surface area contributed by atoms with E-state index >= 15 is 0 Å². The molecule has 0 saturated carbocycles. The molecule has 0 fully saturated rings. The molecule has 0 aliphatic heterocycles. The third kappa shape index (κ3) is 6.75. The van der Waals surface area contributed by atoms with Gasteiger partial charge in [-0.05, 0) is 61.0 Å². The predicted molar refractivity (Wildman–Crippen MR) is 125 cm³/mol. The van der Waals surface area contributed by atoms with Crippen molar-refractivity contribution >= 4 is 21.6 Å². The van der Waals surface area contributed by atoms with E-state index in [1.165, 1.54) is 0 Å². The number of rotatable bonds is 10. The van der Waals surface area contributed by atoms with Crippen LogP contribution in [0.3, 0.4) is 0 Å². The fourth-order valence-corrected chi connectivity index (χ4v) is 3.86. The molecule has 0 radical (unpaired) electrons. The Morgan fingerprint density at radius 3 is 2.22 bits per heavy atom. The first kappa shape index (κ1) is 23.1. The van der Waals surface area contributed by atoms with Gasteiger partial charge in [0.2, 0.25) is 15.9 Å². The van der Waals surface area contributed by atoms with E-state index in [1.54, 1.807) is 24.3 Å². The van der Waals surface area contributed by atoms with Crippen molar-refractivity contribution in [3.05, 3.63) is 84.4 Å². The molecule has 0 saturated heterocycles. The maximum absolute atomic E-state index is 12.5.